The molecule has 3 nitrogen and oxygen atoms in total. The molecule has 0 fully saturated rings. The average molecular weight is 280 g/mol. The molecule has 0 aliphatic carbocycles. The molecule has 0 saturated heterocycles. The Bertz CT molecular complexity index is 606. The zero-order valence-corrected chi connectivity index (χ0v) is 11.8. The highest BCUT2D eigenvalue weighted by atomic mass is 35.5. The number of anilines is 1. The van der Waals surface area contributed by atoms with E-state index in [4.69, 9.17) is 17.3 Å². The third-order valence-corrected chi connectivity index (χ3v) is 3.33. The molecule has 0 aliphatic heterocycles. The van der Waals surface area contributed by atoms with Gasteiger partial charge in [-0.15, -0.1) is 11.6 Å². The van der Waals surface area contributed by atoms with Gasteiger partial charge in [0.1, 0.15) is 10.7 Å². The van der Waals surface area contributed by atoms with Crippen LogP contribution in [0.25, 0.3) is 0 Å². The van der Waals surface area contributed by atoms with E-state index in [2.05, 4.69) is 9.97 Å². The highest BCUT2D eigenvalue weighted by Gasteiger charge is 2.32. The molecular formula is C14H15ClFN3. The number of hydrogen-bond donors (Lipinski definition) is 1. The third-order valence-electron chi connectivity index (χ3n) is 2.96. The summed E-state index contributed by atoms with van der Waals surface area (Å²) >= 11 is 6.54. The van der Waals surface area contributed by atoms with Crippen LogP contribution in [-0.4, -0.2) is 9.97 Å². The number of halogens is 2. The van der Waals surface area contributed by atoms with Gasteiger partial charge >= 0.3 is 0 Å². The molecule has 2 N–H and O–H groups in total. The van der Waals surface area contributed by atoms with E-state index in [0.29, 0.717) is 11.4 Å². The van der Waals surface area contributed by atoms with E-state index < -0.39 is 10.7 Å². The van der Waals surface area contributed by atoms with Crippen molar-refractivity contribution in [2.45, 2.75) is 25.6 Å². The van der Waals surface area contributed by atoms with E-state index in [9.17, 15) is 4.39 Å². The molecule has 2 rings (SSSR count). The van der Waals surface area contributed by atoms with Gasteiger partial charge in [0.25, 0.3) is 0 Å². The summed E-state index contributed by atoms with van der Waals surface area (Å²) in [5.41, 5.74) is 7.89. The number of para-hydroxylation sites is 1. The summed E-state index contributed by atoms with van der Waals surface area (Å²) < 4.78 is 13.6. The fourth-order valence-corrected chi connectivity index (χ4v) is 2.25. The molecular weight excluding hydrogens is 265 g/mol. The number of hydrogen-bond acceptors (Lipinski definition) is 3. The van der Waals surface area contributed by atoms with E-state index in [-0.39, 0.29) is 5.69 Å². The van der Waals surface area contributed by atoms with Crippen LogP contribution in [0.5, 0.6) is 0 Å². The van der Waals surface area contributed by atoms with Crippen molar-refractivity contribution in [3.8, 4) is 0 Å². The van der Waals surface area contributed by atoms with Gasteiger partial charge in [-0.1, -0.05) is 12.1 Å². The first-order valence-corrected chi connectivity index (χ1v) is 6.26. The summed E-state index contributed by atoms with van der Waals surface area (Å²) in [7, 11) is 0. The molecule has 0 saturated carbocycles. The number of alkyl halides is 1. The minimum absolute atomic E-state index is 0.0303. The van der Waals surface area contributed by atoms with Crippen LogP contribution in [0, 0.1) is 19.7 Å². The normalized spacial score (nSPS) is 14.2. The number of aromatic nitrogens is 2. The van der Waals surface area contributed by atoms with E-state index in [1.807, 2.05) is 19.9 Å². The van der Waals surface area contributed by atoms with Crippen molar-refractivity contribution in [2.75, 3.05) is 5.73 Å². The summed E-state index contributed by atoms with van der Waals surface area (Å²) in [6.07, 6.45) is 0. The van der Waals surface area contributed by atoms with E-state index in [1.165, 1.54) is 6.07 Å². The quantitative estimate of drug-likeness (QED) is 0.678. The van der Waals surface area contributed by atoms with Crippen LogP contribution in [-0.2, 0) is 4.87 Å². The number of rotatable bonds is 2. The van der Waals surface area contributed by atoms with Crippen LogP contribution in [0.1, 0.15) is 29.7 Å². The molecule has 1 atom stereocenters. The predicted octanol–water partition coefficient (Wildman–Crippen LogP) is 3.32. The molecule has 5 heteroatoms. The van der Waals surface area contributed by atoms with Gasteiger partial charge in [0.2, 0.25) is 0 Å². The lowest BCUT2D eigenvalue weighted by atomic mass is 9.97. The van der Waals surface area contributed by atoms with Gasteiger partial charge in [0.15, 0.2) is 5.82 Å². The Morgan fingerprint density at radius 1 is 1.21 bits per heavy atom. The minimum Gasteiger partial charge on any atom is -0.396 e. The number of nitrogens with two attached hydrogens (primary N) is 1. The first kappa shape index (κ1) is 13.7. The highest BCUT2D eigenvalue weighted by Crippen LogP contribution is 2.38. The number of nitrogen functional groups attached to an aromatic ring is 1. The minimum atomic E-state index is -1.07. The van der Waals surface area contributed by atoms with E-state index in [1.54, 1.807) is 19.1 Å². The average Bonchev–Trinajstić information content (AvgIpc) is 2.31. The lowest BCUT2D eigenvalue weighted by Crippen LogP contribution is -2.22. The molecule has 0 bridgehead atoms. The zero-order valence-electron chi connectivity index (χ0n) is 11.0. The number of nitrogens with zero attached hydrogens (tertiary/aromatic N) is 2. The summed E-state index contributed by atoms with van der Waals surface area (Å²) in [4.78, 5) is 7.60. The first-order chi connectivity index (χ1) is 8.82. The van der Waals surface area contributed by atoms with Crippen molar-refractivity contribution in [1.82, 2.24) is 9.97 Å². The van der Waals surface area contributed by atoms with Crippen LogP contribution in [0.4, 0.5) is 10.1 Å². The fourth-order valence-electron chi connectivity index (χ4n) is 2.00. The standard InChI is InChI=1S/C14H15ClFN3/c1-8-7-9(2)19-13(18-8)14(3,15)10-5-4-6-11(16)12(10)17/h4-7H,17H2,1-3H3. The van der Waals surface area contributed by atoms with E-state index >= 15 is 0 Å². The zero-order chi connectivity index (χ0) is 14.2. The lowest BCUT2D eigenvalue weighted by molar-refractivity contribution is 0.625. The second kappa shape index (κ2) is 4.78. The monoisotopic (exact) mass is 279 g/mol. The van der Waals surface area contributed by atoms with Gasteiger partial charge in [-0.3, -0.25) is 0 Å². The van der Waals surface area contributed by atoms with Crippen molar-refractivity contribution in [3.63, 3.8) is 0 Å². The van der Waals surface area contributed by atoms with Gasteiger partial charge in [-0.05, 0) is 32.9 Å². The summed E-state index contributed by atoms with van der Waals surface area (Å²) in [5.74, 6) is -0.0716. The summed E-state index contributed by atoms with van der Waals surface area (Å²) in [5, 5.41) is 0. The van der Waals surface area contributed by atoms with Crippen molar-refractivity contribution >= 4 is 17.3 Å². The Morgan fingerprint density at radius 2 is 1.79 bits per heavy atom. The predicted molar refractivity (Wildman–Crippen MR) is 74.6 cm³/mol. The summed E-state index contributed by atoms with van der Waals surface area (Å²) in [6, 6.07) is 6.41. The van der Waals surface area contributed by atoms with Crippen molar-refractivity contribution < 1.29 is 4.39 Å². The molecule has 19 heavy (non-hydrogen) atoms. The Balaban J connectivity index is 2.61. The van der Waals surface area contributed by atoms with Crippen LogP contribution in [0.2, 0.25) is 0 Å². The fraction of sp³-hybridized carbons (Fsp3) is 0.286. The first-order valence-electron chi connectivity index (χ1n) is 5.88. The maximum Gasteiger partial charge on any atom is 0.154 e. The SMILES string of the molecule is Cc1cc(C)nc(C(C)(Cl)c2cccc(F)c2N)n1. The molecule has 1 aromatic carbocycles. The Hall–Kier alpha value is -1.68. The van der Waals surface area contributed by atoms with E-state index in [0.717, 1.165) is 11.4 Å². The molecule has 0 radical (unpaired) electrons. The Morgan fingerprint density at radius 3 is 2.37 bits per heavy atom. The highest BCUT2D eigenvalue weighted by molar-refractivity contribution is 6.25. The largest absolute Gasteiger partial charge is 0.396 e. The lowest BCUT2D eigenvalue weighted by Gasteiger charge is -2.23. The van der Waals surface area contributed by atoms with Crippen LogP contribution >= 0.6 is 11.6 Å². The molecule has 0 amide bonds. The smallest absolute Gasteiger partial charge is 0.154 e. The second-order valence-electron chi connectivity index (χ2n) is 4.68. The van der Waals surface area contributed by atoms with Gasteiger partial charge in [0.05, 0.1) is 5.69 Å². The Labute approximate surface area is 116 Å². The van der Waals surface area contributed by atoms with Gasteiger partial charge in [0, 0.05) is 17.0 Å². The van der Waals surface area contributed by atoms with Crippen LogP contribution < -0.4 is 5.73 Å². The molecule has 1 unspecified atom stereocenters. The second-order valence-corrected chi connectivity index (χ2v) is 5.43. The van der Waals surface area contributed by atoms with Gasteiger partial charge in [-0.2, -0.15) is 0 Å². The molecule has 1 heterocycles. The van der Waals surface area contributed by atoms with Crippen molar-refractivity contribution in [3.05, 3.63) is 52.9 Å². The molecule has 100 valence electrons. The summed E-state index contributed by atoms with van der Waals surface area (Å²) in [6.45, 7) is 5.44. The Kier molecular flexibility index (Phi) is 3.45. The molecule has 2 aromatic rings. The van der Waals surface area contributed by atoms with Crippen LogP contribution in [0.3, 0.4) is 0 Å². The molecule has 1 aromatic heterocycles. The van der Waals surface area contributed by atoms with Gasteiger partial charge < -0.3 is 5.73 Å². The van der Waals surface area contributed by atoms with Gasteiger partial charge in [-0.25, -0.2) is 14.4 Å². The van der Waals surface area contributed by atoms with Crippen molar-refractivity contribution in [1.29, 1.82) is 0 Å². The molecule has 0 aliphatic rings. The number of benzene rings is 1. The van der Waals surface area contributed by atoms with Crippen LogP contribution in [0.15, 0.2) is 24.3 Å². The third kappa shape index (κ3) is 2.54. The maximum absolute atomic E-state index is 13.6. The van der Waals surface area contributed by atoms with Crippen molar-refractivity contribution in [2.24, 2.45) is 0 Å². The maximum atomic E-state index is 13.6. The molecule has 0 spiro atoms. The topological polar surface area (TPSA) is 51.8 Å². The number of aryl methyl sites for hydroxylation is 2.